The lowest BCUT2D eigenvalue weighted by molar-refractivity contribution is -0.109. The highest BCUT2D eigenvalue weighted by Gasteiger charge is 2.59. The average molecular weight is 367 g/mol. The molecule has 0 aromatic rings. The third kappa shape index (κ3) is 2.12. The lowest BCUT2D eigenvalue weighted by Crippen LogP contribution is -2.53. The molecule has 0 aromatic carbocycles. The Labute approximate surface area is 146 Å². The molecule has 4 aliphatic carbocycles. The fourth-order valence-electron chi connectivity index (χ4n) is 7.99. The normalized spacial score (nSPS) is 57.8. The van der Waals surface area contributed by atoms with Crippen molar-refractivity contribution in [1.82, 2.24) is 0 Å². The van der Waals surface area contributed by atoms with Crippen molar-refractivity contribution in [3.05, 3.63) is 0 Å². The van der Waals surface area contributed by atoms with Crippen molar-refractivity contribution in [3.8, 4) is 0 Å². The number of fused-ring (bicyclic) bond motifs is 5. The van der Waals surface area contributed by atoms with E-state index >= 15 is 0 Å². The van der Waals surface area contributed by atoms with E-state index in [4.69, 9.17) is 0 Å². The van der Waals surface area contributed by atoms with Crippen LogP contribution in [-0.2, 0) is 0 Å². The molecule has 0 N–H and O–H groups in total. The molecule has 0 heterocycles. The Morgan fingerprint density at radius 3 is 2.36 bits per heavy atom. The molecule has 4 fully saturated rings. The van der Waals surface area contributed by atoms with Gasteiger partial charge in [-0.3, -0.25) is 0 Å². The molecule has 0 aromatic heterocycles. The number of hydrogen-bond acceptors (Lipinski definition) is 0. The minimum Gasteiger partial charge on any atom is -0.0891 e. The number of halogens is 1. The molecule has 0 nitrogen and oxygen atoms in total. The van der Waals surface area contributed by atoms with Crippen molar-refractivity contribution >= 4 is 15.9 Å². The SMILES string of the molecule is CC[C@H]1CC[C@H]2[C@@H]3CCC4CC(Br)CC[C@]4(C)[C@H]3CC[C@]12C. The summed E-state index contributed by atoms with van der Waals surface area (Å²) in [4.78, 5) is 0.812. The zero-order valence-corrected chi connectivity index (χ0v) is 16.5. The summed E-state index contributed by atoms with van der Waals surface area (Å²) < 4.78 is 0. The Balaban J connectivity index is 1.61. The standard InChI is InChI=1S/C21H35Br/c1-4-14-6-8-18-17-7-5-15-13-16(22)9-11-21(15,3)19(17)10-12-20(14,18)2/h14-19H,4-13H2,1-3H3/t14-,15?,16?,17-,18-,19-,20+,21-/m0/s1. The molecule has 4 rings (SSSR count). The van der Waals surface area contributed by atoms with Gasteiger partial charge in [0.25, 0.3) is 0 Å². The molecule has 0 spiro atoms. The van der Waals surface area contributed by atoms with Gasteiger partial charge in [0.05, 0.1) is 0 Å². The molecule has 8 atom stereocenters. The largest absolute Gasteiger partial charge is 0.0891 e. The van der Waals surface area contributed by atoms with Crippen LogP contribution in [0.15, 0.2) is 0 Å². The highest BCUT2D eigenvalue weighted by atomic mass is 79.9. The molecule has 2 unspecified atom stereocenters. The van der Waals surface area contributed by atoms with Gasteiger partial charge < -0.3 is 0 Å². The number of alkyl halides is 1. The first-order chi connectivity index (χ1) is 10.5. The average Bonchev–Trinajstić information content (AvgIpc) is 2.84. The van der Waals surface area contributed by atoms with Gasteiger partial charge in [0.2, 0.25) is 0 Å². The fraction of sp³-hybridized carbons (Fsp3) is 1.00. The molecule has 0 aliphatic heterocycles. The Bertz CT molecular complexity index is 432. The van der Waals surface area contributed by atoms with Crippen molar-refractivity contribution in [2.24, 2.45) is 40.4 Å². The minimum absolute atomic E-state index is 0.679. The van der Waals surface area contributed by atoms with Crippen LogP contribution in [0.25, 0.3) is 0 Å². The van der Waals surface area contributed by atoms with Crippen molar-refractivity contribution < 1.29 is 0 Å². The molecule has 0 amide bonds. The van der Waals surface area contributed by atoms with Crippen LogP contribution in [0.2, 0.25) is 0 Å². The maximum absolute atomic E-state index is 3.93. The Hall–Kier alpha value is 0.480. The zero-order chi connectivity index (χ0) is 15.5. The molecule has 4 saturated carbocycles. The second kappa shape index (κ2) is 5.50. The summed E-state index contributed by atoms with van der Waals surface area (Å²) in [6.07, 6.45) is 15.1. The molecule has 0 radical (unpaired) electrons. The second-order valence-corrected chi connectivity index (χ2v) is 11.1. The molecule has 0 saturated heterocycles. The van der Waals surface area contributed by atoms with Gasteiger partial charge in [-0.15, -0.1) is 0 Å². The first-order valence-corrected chi connectivity index (χ1v) is 11.0. The predicted molar refractivity (Wildman–Crippen MR) is 98.2 cm³/mol. The van der Waals surface area contributed by atoms with E-state index in [1.807, 2.05) is 0 Å². The minimum atomic E-state index is 0.679. The summed E-state index contributed by atoms with van der Waals surface area (Å²) >= 11 is 3.93. The van der Waals surface area contributed by atoms with Crippen molar-refractivity contribution in [2.45, 2.75) is 89.8 Å². The molecule has 22 heavy (non-hydrogen) atoms. The maximum Gasteiger partial charge on any atom is 0.0148 e. The third-order valence-electron chi connectivity index (χ3n) is 9.29. The zero-order valence-electron chi connectivity index (χ0n) is 14.9. The third-order valence-corrected chi connectivity index (χ3v) is 10.1. The summed E-state index contributed by atoms with van der Waals surface area (Å²) in [7, 11) is 0. The summed E-state index contributed by atoms with van der Waals surface area (Å²) in [5, 5.41) is 0. The highest BCUT2D eigenvalue weighted by molar-refractivity contribution is 9.09. The molecule has 126 valence electrons. The monoisotopic (exact) mass is 366 g/mol. The molecule has 4 aliphatic rings. The predicted octanol–water partition coefficient (Wildman–Crippen LogP) is 6.82. The van der Waals surface area contributed by atoms with Gasteiger partial charge in [0, 0.05) is 4.83 Å². The first-order valence-electron chi connectivity index (χ1n) is 10.1. The molecule has 1 heteroatoms. The highest BCUT2D eigenvalue weighted by Crippen LogP contribution is 2.67. The van der Waals surface area contributed by atoms with Gasteiger partial charge in [0.15, 0.2) is 0 Å². The van der Waals surface area contributed by atoms with Gasteiger partial charge in [-0.1, -0.05) is 43.1 Å². The quantitative estimate of drug-likeness (QED) is 0.446. The van der Waals surface area contributed by atoms with E-state index < -0.39 is 0 Å². The van der Waals surface area contributed by atoms with Gasteiger partial charge in [-0.25, -0.2) is 0 Å². The molecule has 0 bridgehead atoms. The van der Waals surface area contributed by atoms with E-state index in [0.717, 1.165) is 34.4 Å². The molecular weight excluding hydrogens is 332 g/mol. The van der Waals surface area contributed by atoms with Crippen LogP contribution in [0.5, 0.6) is 0 Å². The van der Waals surface area contributed by atoms with Crippen molar-refractivity contribution in [1.29, 1.82) is 0 Å². The lowest BCUT2D eigenvalue weighted by Gasteiger charge is -2.61. The summed E-state index contributed by atoms with van der Waals surface area (Å²) in [6.45, 7) is 7.82. The van der Waals surface area contributed by atoms with E-state index in [-0.39, 0.29) is 0 Å². The molecular formula is C21H35Br. The van der Waals surface area contributed by atoms with E-state index in [0.29, 0.717) is 10.8 Å². The van der Waals surface area contributed by atoms with Crippen LogP contribution < -0.4 is 0 Å². The van der Waals surface area contributed by atoms with Gasteiger partial charge >= 0.3 is 0 Å². The Kier molecular flexibility index (Phi) is 3.99. The Morgan fingerprint density at radius 2 is 1.59 bits per heavy atom. The van der Waals surface area contributed by atoms with Crippen LogP contribution in [0.1, 0.15) is 85.0 Å². The van der Waals surface area contributed by atoms with Gasteiger partial charge in [-0.2, -0.15) is 0 Å². The van der Waals surface area contributed by atoms with E-state index in [1.165, 1.54) is 44.9 Å². The van der Waals surface area contributed by atoms with Crippen LogP contribution in [0.3, 0.4) is 0 Å². The summed E-state index contributed by atoms with van der Waals surface area (Å²) in [5.74, 6) is 5.24. The number of hydrogen-bond donors (Lipinski definition) is 0. The van der Waals surface area contributed by atoms with Crippen LogP contribution >= 0.6 is 15.9 Å². The second-order valence-electron chi connectivity index (χ2n) is 9.76. The summed E-state index contributed by atoms with van der Waals surface area (Å²) in [5.41, 5.74) is 1.38. The van der Waals surface area contributed by atoms with Crippen LogP contribution in [0.4, 0.5) is 0 Å². The summed E-state index contributed by atoms with van der Waals surface area (Å²) in [6, 6.07) is 0. The fourth-order valence-corrected chi connectivity index (χ4v) is 8.67. The van der Waals surface area contributed by atoms with Crippen molar-refractivity contribution in [2.75, 3.05) is 0 Å². The topological polar surface area (TPSA) is 0 Å². The van der Waals surface area contributed by atoms with E-state index in [1.54, 1.807) is 19.3 Å². The maximum atomic E-state index is 3.93. The first kappa shape index (κ1) is 16.0. The number of rotatable bonds is 1. The van der Waals surface area contributed by atoms with Crippen molar-refractivity contribution in [3.63, 3.8) is 0 Å². The van der Waals surface area contributed by atoms with E-state index in [9.17, 15) is 0 Å². The smallest absolute Gasteiger partial charge is 0.0148 e. The van der Waals surface area contributed by atoms with Crippen LogP contribution in [-0.4, -0.2) is 4.83 Å². The van der Waals surface area contributed by atoms with Gasteiger partial charge in [0.1, 0.15) is 0 Å². The van der Waals surface area contributed by atoms with Crippen LogP contribution in [0, 0.1) is 40.4 Å². The Morgan fingerprint density at radius 1 is 0.864 bits per heavy atom. The van der Waals surface area contributed by atoms with E-state index in [2.05, 4.69) is 36.7 Å². The van der Waals surface area contributed by atoms with Gasteiger partial charge in [-0.05, 0) is 98.2 Å². The lowest BCUT2D eigenvalue weighted by atomic mass is 9.45.